The third kappa shape index (κ3) is 5.80. The minimum Gasteiger partial charge on any atom is -0.328 e. The van der Waals surface area contributed by atoms with Crippen LogP contribution in [0.15, 0.2) is 0 Å². The van der Waals surface area contributed by atoms with E-state index in [9.17, 15) is 0 Å². The lowest BCUT2D eigenvalue weighted by Gasteiger charge is -2.10. The zero-order chi connectivity index (χ0) is 7.28. The van der Waals surface area contributed by atoms with Crippen LogP contribution in [0.1, 0.15) is 26.7 Å². The summed E-state index contributed by atoms with van der Waals surface area (Å²) >= 11 is 0. The van der Waals surface area contributed by atoms with Crippen molar-refractivity contribution < 1.29 is 0 Å². The quantitative estimate of drug-likeness (QED) is 0.588. The second kappa shape index (κ2) is 4.77. The molecule has 0 bridgehead atoms. The molecule has 56 valence electrons. The van der Waals surface area contributed by atoms with E-state index in [2.05, 4.69) is 12.2 Å². The van der Waals surface area contributed by atoms with E-state index in [1.165, 1.54) is 6.42 Å². The van der Waals surface area contributed by atoms with Crippen molar-refractivity contribution in [1.29, 1.82) is 0 Å². The van der Waals surface area contributed by atoms with Gasteiger partial charge in [-0.05, 0) is 33.7 Å². The fourth-order valence-electron chi connectivity index (χ4n) is 0.657. The van der Waals surface area contributed by atoms with Gasteiger partial charge in [0.25, 0.3) is 0 Å². The maximum atomic E-state index is 5.57. The molecule has 0 aromatic heterocycles. The van der Waals surface area contributed by atoms with Gasteiger partial charge in [-0.2, -0.15) is 0 Å². The molecule has 0 spiro atoms. The van der Waals surface area contributed by atoms with Crippen LogP contribution in [0, 0.1) is 0 Å². The van der Waals surface area contributed by atoms with Crippen LogP contribution in [0.5, 0.6) is 0 Å². The average molecular weight is 130 g/mol. The van der Waals surface area contributed by atoms with Gasteiger partial charge < -0.3 is 11.1 Å². The fourth-order valence-corrected chi connectivity index (χ4v) is 0.657. The predicted molar refractivity (Wildman–Crippen MR) is 41.4 cm³/mol. The van der Waals surface area contributed by atoms with E-state index in [4.69, 9.17) is 5.73 Å². The second-order valence-corrected chi connectivity index (χ2v) is 2.74. The molecule has 0 amide bonds. The molecule has 1 unspecified atom stereocenters. The Labute approximate surface area is 57.8 Å². The Morgan fingerprint density at radius 3 is 2.22 bits per heavy atom. The minimum atomic E-state index is 0.348. The van der Waals surface area contributed by atoms with Gasteiger partial charge in [0.2, 0.25) is 0 Å². The Morgan fingerprint density at radius 2 is 1.89 bits per heavy atom. The first-order chi connectivity index (χ1) is 4.16. The Hall–Kier alpha value is -0.0800. The Balaban J connectivity index is 3.06. The predicted octanol–water partition coefficient (Wildman–Crippen LogP) is 0.722. The Morgan fingerprint density at radius 1 is 1.33 bits per heavy atom. The lowest BCUT2D eigenvalue weighted by Crippen LogP contribution is -2.24. The van der Waals surface area contributed by atoms with Crippen LogP contribution in [0.4, 0.5) is 0 Å². The van der Waals surface area contributed by atoms with E-state index in [0.29, 0.717) is 12.1 Å². The van der Waals surface area contributed by atoms with Crippen molar-refractivity contribution >= 4 is 0 Å². The van der Waals surface area contributed by atoms with Crippen molar-refractivity contribution in [3.05, 3.63) is 0 Å². The molecule has 0 aromatic rings. The van der Waals surface area contributed by atoms with Gasteiger partial charge in [-0.3, -0.25) is 0 Å². The number of nitrogens with two attached hydrogens (primary N) is 1. The molecule has 0 rings (SSSR count). The van der Waals surface area contributed by atoms with E-state index >= 15 is 0 Å². The van der Waals surface area contributed by atoms with Gasteiger partial charge >= 0.3 is 0 Å². The summed E-state index contributed by atoms with van der Waals surface area (Å²) in [4.78, 5) is 0. The molecule has 0 aliphatic heterocycles. The van der Waals surface area contributed by atoms with Gasteiger partial charge in [0.1, 0.15) is 0 Å². The molecule has 2 heteroatoms. The summed E-state index contributed by atoms with van der Waals surface area (Å²) in [5, 5.41) is 3.16. The van der Waals surface area contributed by atoms with Crippen LogP contribution in [0.2, 0.25) is 0 Å². The molecular formula is C7H18N2. The highest BCUT2D eigenvalue weighted by molar-refractivity contribution is 4.61. The zero-order valence-corrected chi connectivity index (χ0v) is 6.65. The van der Waals surface area contributed by atoms with E-state index in [1.807, 2.05) is 14.0 Å². The van der Waals surface area contributed by atoms with Crippen LogP contribution >= 0.6 is 0 Å². The van der Waals surface area contributed by atoms with Crippen molar-refractivity contribution in [2.24, 2.45) is 5.73 Å². The molecule has 0 aliphatic carbocycles. The molecule has 9 heavy (non-hydrogen) atoms. The summed E-state index contributed by atoms with van der Waals surface area (Å²) in [5.41, 5.74) is 5.57. The monoisotopic (exact) mass is 130 g/mol. The first kappa shape index (κ1) is 8.92. The summed E-state index contributed by atoms with van der Waals surface area (Å²) in [6.07, 6.45) is 2.29. The third-order valence-electron chi connectivity index (χ3n) is 1.55. The molecule has 3 N–H and O–H groups in total. The standard InChI is InChI=1S/C7H18N2/c1-6(8)4-5-7(2)9-3/h6-7,9H,4-5,8H2,1-3H3/t6?,7-/m0/s1. The summed E-state index contributed by atoms with van der Waals surface area (Å²) in [6, 6.07) is 0.955. The fraction of sp³-hybridized carbons (Fsp3) is 1.00. The molecular weight excluding hydrogens is 112 g/mol. The van der Waals surface area contributed by atoms with E-state index in [1.54, 1.807) is 0 Å². The molecule has 2 nitrogen and oxygen atoms in total. The van der Waals surface area contributed by atoms with Crippen molar-refractivity contribution in [3.63, 3.8) is 0 Å². The van der Waals surface area contributed by atoms with Crippen LogP contribution in [-0.4, -0.2) is 19.1 Å². The second-order valence-electron chi connectivity index (χ2n) is 2.74. The largest absolute Gasteiger partial charge is 0.328 e. The lowest BCUT2D eigenvalue weighted by atomic mass is 10.1. The number of hydrogen-bond acceptors (Lipinski definition) is 2. The van der Waals surface area contributed by atoms with Crippen LogP contribution in [0.3, 0.4) is 0 Å². The van der Waals surface area contributed by atoms with Crippen LogP contribution in [0.25, 0.3) is 0 Å². The van der Waals surface area contributed by atoms with E-state index in [-0.39, 0.29) is 0 Å². The SMILES string of the molecule is CN[C@@H](C)CCC(C)N. The maximum Gasteiger partial charge on any atom is 0.00363 e. The topological polar surface area (TPSA) is 38.0 Å². The van der Waals surface area contributed by atoms with Gasteiger partial charge in [-0.25, -0.2) is 0 Å². The van der Waals surface area contributed by atoms with Gasteiger partial charge in [0, 0.05) is 12.1 Å². The third-order valence-corrected chi connectivity index (χ3v) is 1.55. The van der Waals surface area contributed by atoms with Crippen molar-refractivity contribution in [2.75, 3.05) is 7.05 Å². The van der Waals surface area contributed by atoms with Crippen molar-refractivity contribution in [2.45, 2.75) is 38.8 Å². The van der Waals surface area contributed by atoms with Gasteiger partial charge in [-0.15, -0.1) is 0 Å². The van der Waals surface area contributed by atoms with Gasteiger partial charge in [0.05, 0.1) is 0 Å². The highest BCUT2D eigenvalue weighted by Gasteiger charge is 1.98. The molecule has 0 aliphatic rings. The normalized spacial score (nSPS) is 17.3. The molecule has 0 fully saturated rings. The molecule has 0 saturated carbocycles. The smallest absolute Gasteiger partial charge is 0.00363 e. The Kier molecular flexibility index (Phi) is 4.72. The highest BCUT2D eigenvalue weighted by atomic mass is 14.8. The summed E-state index contributed by atoms with van der Waals surface area (Å²) in [5.74, 6) is 0. The van der Waals surface area contributed by atoms with E-state index < -0.39 is 0 Å². The summed E-state index contributed by atoms with van der Waals surface area (Å²) in [7, 11) is 1.98. The molecule has 2 atom stereocenters. The minimum absolute atomic E-state index is 0.348. The summed E-state index contributed by atoms with van der Waals surface area (Å²) in [6.45, 7) is 4.21. The first-order valence-electron chi connectivity index (χ1n) is 3.59. The van der Waals surface area contributed by atoms with Crippen LogP contribution < -0.4 is 11.1 Å². The highest BCUT2D eigenvalue weighted by Crippen LogP contribution is 1.97. The molecule has 0 saturated heterocycles. The number of nitrogens with one attached hydrogen (secondary N) is 1. The molecule has 0 radical (unpaired) electrons. The first-order valence-corrected chi connectivity index (χ1v) is 3.59. The molecule has 0 heterocycles. The van der Waals surface area contributed by atoms with E-state index in [0.717, 1.165) is 6.42 Å². The van der Waals surface area contributed by atoms with Crippen LogP contribution in [-0.2, 0) is 0 Å². The summed E-state index contributed by atoms with van der Waals surface area (Å²) < 4.78 is 0. The van der Waals surface area contributed by atoms with Gasteiger partial charge in [-0.1, -0.05) is 0 Å². The lowest BCUT2D eigenvalue weighted by molar-refractivity contribution is 0.509. The van der Waals surface area contributed by atoms with Crippen molar-refractivity contribution in [3.8, 4) is 0 Å². The average Bonchev–Trinajstić information content (AvgIpc) is 1.83. The molecule has 0 aromatic carbocycles. The Bertz CT molecular complexity index is 61.9. The number of rotatable bonds is 4. The maximum absolute atomic E-state index is 5.57. The zero-order valence-electron chi connectivity index (χ0n) is 6.65. The van der Waals surface area contributed by atoms with Crippen molar-refractivity contribution in [1.82, 2.24) is 5.32 Å². The number of hydrogen-bond donors (Lipinski definition) is 2. The van der Waals surface area contributed by atoms with Gasteiger partial charge in [0.15, 0.2) is 0 Å².